The Morgan fingerprint density at radius 2 is 1.76 bits per heavy atom. The lowest BCUT2D eigenvalue weighted by atomic mass is 10.0. The Bertz CT molecular complexity index is 1200. The van der Waals surface area contributed by atoms with E-state index in [0.717, 1.165) is 22.2 Å². The van der Waals surface area contributed by atoms with E-state index < -0.39 is 0 Å². The van der Waals surface area contributed by atoms with E-state index >= 15 is 0 Å². The molecule has 0 saturated heterocycles. The van der Waals surface area contributed by atoms with Crippen molar-refractivity contribution in [2.45, 2.75) is 33.7 Å². The third kappa shape index (κ3) is 3.81. The van der Waals surface area contributed by atoms with E-state index in [-0.39, 0.29) is 11.9 Å². The van der Waals surface area contributed by atoms with Crippen LogP contribution in [0.5, 0.6) is 0 Å². The van der Waals surface area contributed by atoms with Crippen molar-refractivity contribution in [2.24, 2.45) is 0 Å². The van der Waals surface area contributed by atoms with E-state index in [2.05, 4.69) is 39.3 Å². The van der Waals surface area contributed by atoms with Crippen LogP contribution in [-0.4, -0.2) is 15.0 Å². The average Bonchev–Trinajstić information content (AvgIpc) is 2.69. The standard InChI is InChI=1S/C24H23FN4/c1-14-7-5-9-18(11-14)21-12-20-22(13-26-21)28-17(4)29-24(20)27-16(3)19-10-6-8-15(2)23(19)25/h5-13,16H,1-4H3,(H,27,28,29)/t16-/m1/s1. The van der Waals surface area contributed by atoms with Crippen molar-refractivity contribution in [1.29, 1.82) is 0 Å². The van der Waals surface area contributed by atoms with Crippen molar-refractivity contribution < 1.29 is 4.39 Å². The molecule has 2 heterocycles. The Labute approximate surface area is 169 Å². The second-order valence-corrected chi connectivity index (χ2v) is 7.42. The molecule has 2 aromatic heterocycles. The van der Waals surface area contributed by atoms with Gasteiger partial charge in [-0.05, 0) is 45.4 Å². The summed E-state index contributed by atoms with van der Waals surface area (Å²) in [5, 5.41) is 4.24. The normalized spacial score (nSPS) is 12.2. The number of pyridine rings is 1. The zero-order chi connectivity index (χ0) is 20.5. The Balaban J connectivity index is 1.78. The van der Waals surface area contributed by atoms with Crippen molar-refractivity contribution >= 4 is 16.7 Å². The summed E-state index contributed by atoms with van der Waals surface area (Å²) in [4.78, 5) is 13.7. The summed E-state index contributed by atoms with van der Waals surface area (Å²) in [5.41, 5.74) is 5.07. The number of hydrogen-bond acceptors (Lipinski definition) is 4. The Morgan fingerprint density at radius 1 is 0.966 bits per heavy atom. The molecule has 0 amide bonds. The number of nitrogens with one attached hydrogen (secondary N) is 1. The monoisotopic (exact) mass is 386 g/mol. The first-order valence-corrected chi connectivity index (χ1v) is 9.65. The molecule has 4 rings (SSSR count). The maximum atomic E-state index is 14.6. The lowest BCUT2D eigenvalue weighted by molar-refractivity contribution is 0.591. The molecule has 0 aliphatic heterocycles. The second kappa shape index (κ2) is 7.59. The first-order chi connectivity index (χ1) is 13.9. The number of benzene rings is 2. The fourth-order valence-corrected chi connectivity index (χ4v) is 3.51. The quantitative estimate of drug-likeness (QED) is 0.472. The highest BCUT2D eigenvalue weighted by Crippen LogP contribution is 2.29. The molecule has 0 fully saturated rings. The van der Waals surface area contributed by atoms with Crippen LogP contribution in [0.3, 0.4) is 0 Å². The van der Waals surface area contributed by atoms with Gasteiger partial charge in [-0.25, -0.2) is 14.4 Å². The fraction of sp³-hybridized carbons (Fsp3) is 0.208. The number of rotatable bonds is 4. The molecule has 29 heavy (non-hydrogen) atoms. The van der Waals surface area contributed by atoms with E-state index in [0.29, 0.717) is 22.8 Å². The lowest BCUT2D eigenvalue weighted by Gasteiger charge is -2.18. The SMILES string of the molecule is Cc1cccc(-c2cc3c(N[C@H](C)c4cccc(C)c4F)nc(C)nc3cn2)c1. The average molecular weight is 386 g/mol. The predicted octanol–water partition coefficient (Wildman–Crippen LogP) is 5.93. The van der Waals surface area contributed by atoms with Crippen molar-refractivity contribution in [3.05, 3.63) is 83.1 Å². The summed E-state index contributed by atoms with van der Waals surface area (Å²) in [7, 11) is 0. The lowest BCUT2D eigenvalue weighted by Crippen LogP contribution is -2.12. The molecule has 0 radical (unpaired) electrons. The highest BCUT2D eigenvalue weighted by Gasteiger charge is 2.16. The molecule has 0 bridgehead atoms. The zero-order valence-corrected chi connectivity index (χ0v) is 17.0. The van der Waals surface area contributed by atoms with Gasteiger partial charge in [-0.1, -0.05) is 42.0 Å². The molecule has 4 aromatic rings. The van der Waals surface area contributed by atoms with Crippen LogP contribution in [0.4, 0.5) is 10.2 Å². The molecule has 0 unspecified atom stereocenters. The molecule has 146 valence electrons. The fourth-order valence-electron chi connectivity index (χ4n) is 3.51. The number of anilines is 1. The molecule has 1 atom stereocenters. The molecule has 0 aliphatic carbocycles. The van der Waals surface area contributed by atoms with E-state index in [9.17, 15) is 4.39 Å². The summed E-state index contributed by atoms with van der Waals surface area (Å²) in [6.45, 7) is 7.61. The predicted molar refractivity (Wildman–Crippen MR) is 115 cm³/mol. The molecule has 5 heteroatoms. The first kappa shape index (κ1) is 19.0. The van der Waals surface area contributed by atoms with Crippen LogP contribution < -0.4 is 5.32 Å². The number of halogens is 1. The van der Waals surface area contributed by atoms with Crippen molar-refractivity contribution in [3.8, 4) is 11.3 Å². The van der Waals surface area contributed by atoms with Gasteiger partial charge < -0.3 is 5.32 Å². The van der Waals surface area contributed by atoms with Gasteiger partial charge in [-0.15, -0.1) is 0 Å². The third-order valence-corrected chi connectivity index (χ3v) is 5.05. The Morgan fingerprint density at radius 3 is 2.55 bits per heavy atom. The van der Waals surface area contributed by atoms with Gasteiger partial charge in [0.05, 0.1) is 23.4 Å². The van der Waals surface area contributed by atoms with Gasteiger partial charge in [0, 0.05) is 16.5 Å². The number of fused-ring (bicyclic) bond motifs is 1. The highest BCUT2D eigenvalue weighted by atomic mass is 19.1. The number of aryl methyl sites for hydroxylation is 3. The van der Waals surface area contributed by atoms with Gasteiger partial charge in [0.25, 0.3) is 0 Å². The summed E-state index contributed by atoms with van der Waals surface area (Å²) in [6.07, 6.45) is 1.77. The van der Waals surface area contributed by atoms with Crippen LogP contribution in [0, 0.1) is 26.6 Å². The van der Waals surface area contributed by atoms with Crippen molar-refractivity contribution in [3.63, 3.8) is 0 Å². The van der Waals surface area contributed by atoms with Gasteiger partial charge >= 0.3 is 0 Å². The van der Waals surface area contributed by atoms with Crippen LogP contribution >= 0.6 is 0 Å². The minimum Gasteiger partial charge on any atom is -0.363 e. The van der Waals surface area contributed by atoms with E-state index in [1.165, 1.54) is 5.56 Å². The summed E-state index contributed by atoms with van der Waals surface area (Å²) in [6, 6.07) is 15.4. The van der Waals surface area contributed by atoms with Crippen LogP contribution in [0.2, 0.25) is 0 Å². The molecule has 0 saturated carbocycles. The van der Waals surface area contributed by atoms with Gasteiger partial charge in [-0.2, -0.15) is 0 Å². The summed E-state index contributed by atoms with van der Waals surface area (Å²) in [5.74, 6) is 1.13. The molecule has 0 aliphatic rings. The molecular weight excluding hydrogens is 363 g/mol. The molecule has 0 spiro atoms. The molecular formula is C24H23FN4. The van der Waals surface area contributed by atoms with Crippen LogP contribution in [0.25, 0.3) is 22.2 Å². The third-order valence-electron chi connectivity index (χ3n) is 5.05. The van der Waals surface area contributed by atoms with Crippen LogP contribution in [0.1, 0.15) is 35.5 Å². The number of nitrogens with zero attached hydrogens (tertiary/aromatic N) is 3. The van der Waals surface area contributed by atoms with Gasteiger partial charge in [0.2, 0.25) is 0 Å². The first-order valence-electron chi connectivity index (χ1n) is 9.65. The number of hydrogen-bond donors (Lipinski definition) is 1. The van der Waals surface area contributed by atoms with E-state index in [4.69, 9.17) is 0 Å². The maximum Gasteiger partial charge on any atom is 0.138 e. The summed E-state index contributed by atoms with van der Waals surface area (Å²) < 4.78 is 14.6. The molecule has 4 nitrogen and oxygen atoms in total. The van der Waals surface area contributed by atoms with E-state index in [1.807, 2.05) is 38.1 Å². The second-order valence-electron chi connectivity index (χ2n) is 7.42. The van der Waals surface area contributed by atoms with Gasteiger partial charge in [-0.3, -0.25) is 4.98 Å². The highest BCUT2D eigenvalue weighted by molar-refractivity contribution is 5.91. The minimum atomic E-state index is -0.247. The van der Waals surface area contributed by atoms with Gasteiger partial charge in [0.1, 0.15) is 17.5 Å². The zero-order valence-electron chi connectivity index (χ0n) is 17.0. The van der Waals surface area contributed by atoms with Crippen LogP contribution in [-0.2, 0) is 0 Å². The Hall–Kier alpha value is -3.34. The minimum absolute atomic E-state index is 0.190. The number of aromatic nitrogens is 3. The molecule has 1 N–H and O–H groups in total. The van der Waals surface area contributed by atoms with Gasteiger partial charge in [0.15, 0.2) is 0 Å². The van der Waals surface area contributed by atoms with E-state index in [1.54, 1.807) is 25.3 Å². The Kier molecular flexibility index (Phi) is 4.97. The van der Waals surface area contributed by atoms with Crippen molar-refractivity contribution in [2.75, 3.05) is 5.32 Å². The summed E-state index contributed by atoms with van der Waals surface area (Å²) >= 11 is 0. The van der Waals surface area contributed by atoms with Crippen LogP contribution in [0.15, 0.2) is 54.7 Å². The maximum absolute atomic E-state index is 14.6. The van der Waals surface area contributed by atoms with Crippen molar-refractivity contribution in [1.82, 2.24) is 15.0 Å². The smallest absolute Gasteiger partial charge is 0.138 e. The topological polar surface area (TPSA) is 50.7 Å². The molecule has 2 aromatic carbocycles. The largest absolute Gasteiger partial charge is 0.363 e.